The van der Waals surface area contributed by atoms with Gasteiger partial charge in [0.25, 0.3) is 0 Å². The van der Waals surface area contributed by atoms with Crippen molar-refractivity contribution in [1.82, 2.24) is 0 Å². The Hall–Kier alpha value is -1.06. The van der Waals surface area contributed by atoms with E-state index in [1.165, 1.54) is 0 Å². The number of methoxy groups -OCH3 is 1. The zero-order valence-electron chi connectivity index (χ0n) is 8.53. The molecule has 0 aromatic heterocycles. The van der Waals surface area contributed by atoms with E-state index in [1.54, 1.807) is 25.3 Å². The molecular weight excluding hydrogens is 216 g/mol. The van der Waals surface area contributed by atoms with Gasteiger partial charge in [-0.25, -0.2) is 0 Å². The maximum Gasteiger partial charge on any atom is 0.155 e. The molecule has 1 rings (SSSR count). The highest BCUT2D eigenvalue weighted by Crippen LogP contribution is 2.24. The number of aldehydes is 1. The van der Waals surface area contributed by atoms with Crippen LogP contribution < -0.4 is 4.74 Å². The molecule has 0 radical (unpaired) electrons. The predicted octanol–water partition coefficient (Wildman–Crippen LogP) is 2.57. The highest BCUT2D eigenvalue weighted by molar-refractivity contribution is 6.33. The summed E-state index contributed by atoms with van der Waals surface area (Å²) in [5.74, 6) is 0.522. The van der Waals surface area contributed by atoms with E-state index in [-0.39, 0.29) is 0 Å². The standard InChI is InChI=1S/C11H13ClO3/c1-14-6-3-7-15-11-5-2-4-10(12)9(11)8-13/h2,4-5,8H,3,6-7H2,1H3. The second-order valence-corrected chi connectivity index (χ2v) is 3.37. The van der Waals surface area contributed by atoms with Crippen molar-refractivity contribution in [3.05, 3.63) is 28.8 Å². The van der Waals surface area contributed by atoms with E-state index in [9.17, 15) is 4.79 Å². The number of rotatable bonds is 6. The Labute approximate surface area is 93.9 Å². The van der Waals surface area contributed by atoms with Crippen molar-refractivity contribution in [2.24, 2.45) is 0 Å². The third kappa shape index (κ3) is 3.53. The van der Waals surface area contributed by atoms with Gasteiger partial charge in [-0.05, 0) is 12.1 Å². The van der Waals surface area contributed by atoms with Crippen LogP contribution in [-0.4, -0.2) is 26.6 Å². The van der Waals surface area contributed by atoms with Crippen LogP contribution in [0.5, 0.6) is 5.75 Å². The lowest BCUT2D eigenvalue weighted by molar-refractivity contribution is 0.111. The van der Waals surface area contributed by atoms with Crippen molar-refractivity contribution in [3.8, 4) is 5.75 Å². The first-order chi connectivity index (χ1) is 7.29. The number of hydrogen-bond donors (Lipinski definition) is 0. The summed E-state index contributed by atoms with van der Waals surface area (Å²) in [6.45, 7) is 1.14. The monoisotopic (exact) mass is 228 g/mol. The minimum absolute atomic E-state index is 0.400. The summed E-state index contributed by atoms with van der Waals surface area (Å²) in [6.07, 6.45) is 1.48. The summed E-state index contributed by atoms with van der Waals surface area (Å²) in [7, 11) is 1.64. The molecule has 1 aromatic rings. The van der Waals surface area contributed by atoms with Gasteiger partial charge in [0, 0.05) is 20.1 Å². The molecule has 82 valence electrons. The predicted molar refractivity (Wildman–Crippen MR) is 58.8 cm³/mol. The smallest absolute Gasteiger partial charge is 0.155 e. The molecule has 0 fully saturated rings. The van der Waals surface area contributed by atoms with E-state index in [1.807, 2.05) is 0 Å². The van der Waals surface area contributed by atoms with E-state index in [0.717, 1.165) is 6.42 Å². The Morgan fingerprint density at radius 2 is 2.20 bits per heavy atom. The average molecular weight is 229 g/mol. The van der Waals surface area contributed by atoms with Gasteiger partial charge in [0.05, 0.1) is 17.2 Å². The molecule has 0 bridgehead atoms. The van der Waals surface area contributed by atoms with Gasteiger partial charge < -0.3 is 9.47 Å². The van der Waals surface area contributed by atoms with Gasteiger partial charge >= 0.3 is 0 Å². The Balaban J connectivity index is 2.60. The third-order valence-corrected chi connectivity index (χ3v) is 2.21. The molecule has 0 amide bonds. The maximum atomic E-state index is 10.7. The molecule has 0 unspecified atom stereocenters. The topological polar surface area (TPSA) is 35.5 Å². The van der Waals surface area contributed by atoms with E-state index < -0.39 is 0 Å². The van der Waals surface area contributed by atoms with Crippen molar-refractivity contribution < 1.29 is 14.3 Å². The summed E-state index contributed by atoms with van der Waals surface area (Å²) in [6, 6.07) is 5.14. The molecule has 0 aliphatic rings. The summed E-state index contributed by atoms with van der Waals surface area (Å²) in [5.41, 5.74) is 0.400. The van der Waals surface area contributed by atoms with Crippen LogP contribution >= 0.6 is 11.6 Å². The molecule has 0 aliphatic heterocycles. The number of carbonyl (C=O) groups is 1. The number of ether oxygens (including phenoxy) is 2. The lowest BCUT2D eigenvalue weighted by Gasteiger charge is -2.08. The van der Waals surface area contributed by atoms with Crippen LogP contribution in [0.4, 0.5) is 0 Å². The fraction of sp³-hybridized carbons (Fsp3) is 0.364. The zero-order valence-corrected chi connectivity index (χ0v) is 9.29. The van der Waals surface area contributed by atoms with Crippen LogP contribution in [0.15, 0.2) is 18.2 Å². The molecule has 0 atom stereocenters. The fourth-order valence-electron chi connectivity index (χ4n) is 1.14. The fourth-order valence-corrected chi connectivity index (χ4v) is 1.35. The largest absolute Gasteiger partial charge is 0.493 e. The van der Waals surface area contributed by atoms with E-state index in [2.05, 4.69) is 0 Å². The van der Waals surface area contributed by atoms with Gasteiger partial charge in [0.15, 0.2) is 6.29 Å². The van der Waals surface area contributed by atoms with Crippen LogP contribution in [0.1, 0.15) is 16.8 Å². The average Bonchev–Trinajstić information content (AvgIpc) is 2.24. The van der Waals surface area contributed by atoms with Gasteiger partial charge in [0.2, 0.25) is 0 Å². The Morgan fingerprint density at radius 1 is 1.40 bits per heavy atom. The molecule has 0 spiro atoms. The summed E-state index contributed by atoms with van der Waals surface area (Å²) in [4.78, 5) is 10.7. The highest BCUT2D eigenvalue weighted by Gasteiger charge is 2.06. The zero-order chi connectivity index (χ0) is 11.1. The molecule has 0 saturated carbocycles. The van der Waals surface area contributed by atoms with Gasteiger partial charge in [-0.15, -0.1) is 0 Å². The van der Waals surface area contributed by atoms with Crippen molar-refractivity contribution in [3.63, 3.8) is 0 Å². The SMILES string of the molecule is COCCCOc1cccc(Cl)c1C=O. The minimum Gasteiger partial charge on any atom is -0.493 e. The lowest BCUT2D eigenvalue weighted by atomic mass is 10.2. The van der Waals surface area contributed by atoms with Crippen molar-refractivity contribution in [2.45, 2.75) is 6.42 Å². The summed E-state index contributed by atoms with van der Waals surface area (Å²) in [5, 5.41) is 0.411. The summed E-state index contributed by atoms with van der Waals surface area (Å²) >= 11 is 5.83. The second kappa shape index (κ2) is 6.43. The highest BCUT2D eigenvalue weighted by atomic mass is 35.5. The molecule has 1 aromatic carbocycles. The Bertz CT molecular complexity index is 326. The normalized spacial score (nSPS) is 10.0. The van der Waals surface area contributed by atoms with Gasteiger partial charge in [0.1, 0.15) is 5.75 Å². The van der Waals surface area contributed by atoms with Gasteiger partial charge in [-0.3, -0.25) is 4.79 Å². The minimum atomic E-state index is 0.400. The Morgan fingerprint density at radius 3 is 2.87 bits per heavy atom. The third-order valence-electron chi connectivity index (χ3n) is 1.88. The summed E-state index contributed by atoms with van der Waals surface area (Å²) < 4.78 is 10.3. The molecule has 0 saturated heterocycles. The van der Waals surface area contributed by atoms with Crippen LogP contribution in [0.2, 0.25) is 5.02 Å². The first kappa shape index (κ1) is 12.0. The van der Waals surface area contributed by atoms with Crippen molar-refractivity contribution >= 4 is 17.9 Å². The number of halogens is 1. The molecule has 15 heavy (non-hydrogen) atoms. The number of benzene rings is 1. The van der Waals surface area contributed by atoms with Crippen LogP contribution in [0.25, 0.3) is 0 Å². The molecule has 0 heterocycles. The number of hydrogen-bond acceptors (Lipinski definition) is 3. The van der Waals surface area contributed by atoms with E-state index in [4.69, 9.17) is 21.1 Å². The first-order valence-corrected chi connectivity index (χ1v) is 5.03. The van der Waals surface area contributed by atoms with E-state index >= 15 is 0 Å². The van der Waals surface area contributed by atoms with Crippen LogP contribution in [0.3, 0.4) is 0 Å². The van der Waals surface area contributed by atoms with Crippen LogP contribution in [0, 0.1) is 0 Å². The molecule has 0 aliphatic carbocycles. The van der Waals surface area contributed by atoms with Crippen molar-refractivity contribution in [1.29, 1.82) is 0 Å². The maximum absolute atomic E-state index is 10.7. The van der Waals surface area contributed by atoms with Gasteiger partial charge in [-0.2, -0.15) is 0 Å². The Kier molecular flexibility index (Phi) is 5.15. The molecule has 0 N–H and O–H groups in total. The van der Waals surface area contributed by atoms with Crippen LogP contribution in [-0.2, 0) is 4.74 Å². The lowest BCUT2D eigenvalue weighted by Crippen LogP contribution is -2.03. The second-order valence-electron chi connectivity index (χ2n) is 2.96. The number of carbonyl (C=O) groups excluding carboxylic acids is 1. The first-order valence-electron chi connectivity index (χ1n) is 4.65. The molecular formula is C11H13ClO3. The molecule has 3 nitrogen and oxygen atoms in total. The quantitative estimate of drug-likeness (QED) is 0.555. The van der Waals surface area contributed by atoms with Crippen molar-refractivity contribution in [2.75, 3.05) is 20.3 Å². The van der Waals surface area contributed by atoms with E-state index in [0.29, 0.717) is 35.8 Å². The molecule has 4 heteroatoms. The van der Waals surface area contributed by atoms with Gasteiger partial charge in [-0.1, -0.05) is 17.7 Å².